The van der Waals surface area contributed by atoms with E-state index in [9.17, 15) is 24.6 Å². The smallest absolute Gasteiger partial charge is 0.407 e. The number of hydrogen-bond donors (Lipinski definition) is 3. The molecule has 35 heavy (non-hydrogen) atoms. The van der Waals surface area contributed by atoms with Gasteiger partial charge < -0.3 is 25.2 Å². The van der Waals surface area contributed by atoms with Crippen LogP contribution in [-0.2, 0) is 14.3 Å². The van der Waals surface area contributed by atoms with Gasteiger partial charge in [-0.15, -0.1) is 0 Å². The summed E-state index contributed by atoms with van der Waals surface area (Å²) in [6.07, 6.45) is 0.276. The van der Waals surface area contributed by atoms with Gasteiger partial charge in [0.2, 0.25) is 5.91 Å². The number of alkyl carbamates (subject to hydrolysis) is 1. The molecule has 1 saturated heterocycles. The molecule has 8 heteroatoms. The van der Waals surface area contributed by atoms with Crippen LogP contribution in [0.3, 0.4) is 0 Å². The molecule has 2 unspecified atom stereocenters. The van der Waals surface area contributed by atoms with Crippen LogP contribution in [0.5, 0.6) is 0 Å². The first-order valence-electron chi connectivity index (χ1n) is 11.7. The average Bonchev–Trinajstić information content (AvgIpc) is 3.38. The van der Waals surface area contributed by atoms with Crippen molar-refractivity contribution in [2.45, 2.75) is 50.8 Å². The quantitative estimate of drug-likeness (QED) is 0.526. The second-order valence-corrected chi connectivity index (χ2v) is 9.27. The number of carbonyl (C=O) groups excluding carboxylic acids is 2. The fourth-order valence-electron chi connectivity index (χ4n) is 4.85. The van der Waals surface area contributed by atoms with E-state index in [1.807, 2.05) is 62.4 Å². The van der Waals surface area contributed by atoms with Crippen molar-refractivity contribution in [2.75, 3.05) is 13.2 Å². The maximum Gasteiger partial charge on any atom is 0.407 e. The molecule has 1 fully saturated rings. The number of allylic oxidation sites excluding steroid dienone is 1. The number of likely N-dealkylation sites (tertiary alicyclic amines) is 1. The van der Waals surface area contributed by atoms with Gasteiger partial charge in [0.05, 0.1) is 6.10 Å². The molecule has 2 aliphatic rings. The number of aliphatic hydroxyl groups excluding tert-OH is 1. The van der Waals surface area contributed by atoms with Gasteiger partial charge in [0.1, 0.15) is 18.7 Å². The molecule has 3 atom stereocenters. The van der Waals surface area contributed by atoms with Crippen LogP contribution < -0.4 is 5.32 Å². The maximum atomic E-state index is 13.2. The largest absolute Gasteiger partial charge is 0.480 e. The van der Waals surface area contributed by atoms with E-state index in [4.69, 9.17) is 4.74 Å². The average molecular weight is 479 g/mol. The summed E-state index contributed by atoms with van der Waals surface area (Å²) in [5.41, 5.74) is 5.33. The number of β-amino-alcohol motifs (C(OH)–C–C–N with tert-alkyl or cyclic N) is 1. The highest BCUT2D eigenvalue weighted by Gasteiger charge is 2.41. The summed E-state index contributed by atoms with van der Waals surface area (Å²) in [5, 5.41) is 22.0. The van der Waals surface area contributed by atoms with Crippen molar-refractivity contribution in [3.63, 3.8) is 0 Å². The molecule has 8 nitrogen and oxygen atoms in total. The molecule has 0 radical (unpaired) electrons. The first-order valence-corrected chi connectivity index (χ1v) is 11.7. The van der Waals surface area contributed by atoms with E-state index in [0.717, 1.165) is 32.7 Å². The minimum absolute atomic E-state index is 0.0403. The summed E-state index contributed by atoms with van der Waals surface area (Å²) in [6.45, 7) is 3.75. The second-order valence-electron chi connectivity index (χ2n) is 9.27. The zero-order valence-electron chi connectivity index (χ0n) is 19.8. The van der Waals surface area contributed by atoms with Crippen LogP contribution in [0.15, 0.2) is 60.2 Å². The monoisotopic (exact) mass is 478 g/mol. The van der Waals surface area contributed by atoms with Crippen molar-refractivity contribution >= 4 is 18.0 Å². The number of amides is 2. The molecular weight excluding hydrogens is 448 g/mol. The Bertz CT molecular complexity index is 1110. The Hall–Kier alpha value is -3.65. The number of aliphatic carboxylic acids is 1. The molecule has 1 aliphatic heterocycles. The fraction of sp³-hybridized carbons (Fsp3) is 0.370. The highest BCUT2D eigenvalue weighted by atomic mass is 16.5. The molecule has 1 heterocycles. The van der Waals surface area contributed by atoms with Gasteiger partial charge in [0.15, 0.2) is 0 Å². The third-order valence-corrected chi connectivity index (χ3v) is 6.54. The lowest BCUT2D eigenvalue weighted by molar-refractivity contribution is -0.148. The van der Waals surface area contributed by atoms with Crippen LogP contribution in [0.4, 0.5) is 4.79 Å². The summed E-state index contributed by atoms with van der Waals surface area (Å²) < 4.78 is 5.58. The molecule has 1 aliphatic carbocycles. The molecule has 2 amide bonds. The molecule has 0 saturated carbocycles. The van der Waals surface area contributed by atoms with Gasteiger partial charge in [0.25, 0.3) is 0 Å². The number of benzene rings is 2. The molecule has 0 aromatic heterocycles. The van der Waals surface area contributed by atoms with E-state index in [0.29, 0.717) is 0 Å². The van der Waals surface area contributed by atoms with E-state index >= 15 is 0 Å². The molecule has 4 rings (SSSR count). The zero-order chi connectivity index (χ0) is 25.1. The predicted molar refractivity (Wildman–Crippen MR) is 130 cm³/mol. The van der Waals surface area contributed by atoms with Gasteiger partial charge in [-0.3, -0.25) is 4.79 Å². The maximum absolute atomic E-state index is 13.2. The normalized spacial score (nSPS) is 19.5. The summed E-state index contributed by atoms with van der Waals surface area (Å²) in [4.78, 5) is 38.7. The van der Waals surface area contributed by atoms with Crippen LogP contribution >= 0.6 is 0 Å². The van der Waals surface area contributed by atoms with Gasteiger partial charge in [-0.05, 0) is 42.5 Å². The van der Waals surface area contributed by atoms with Gasteiger partial charge in [-0.1, -0.05) is 60.2 Å². The fourth-order valence-corrected chi connectivity index (χ4v) is 4.85. The minimum Gasteiger partial charge on any atom is -0.480 e. The van der Waals surface area contributed by atoms with Gasteiger partial charge in [-0.25, -0.2) is 9.59 Å². The van der Waals surface area contributed by atoms with Crippen molar-refractivity contribution in [3.8, 4) is 11.1 Å². The van der Waals surface area contributed by atoms with Crippen LogP contribution in [-0.4, -0.2) is 64.4 Å². The van der Waals surface area contributed by atoms with Crippen LogP contribution in [0, 0.1) is 0 Å². The number of hydrogen-bond acceptors (Lipinski definition) is 5. The first-order chi connectivity index (χ1) is 16.8. The standard InChI is InChI=1S/C27H30N2O6/c1-16(2)11-12-23(25(31)29-14-17(30)13-24(29)26(32)33)28-27(34)35-15-22-20-9-5-3-7-18(20)19-8-4-6-10-21(19)22/h3-11,17,22-24,30H,12-15H2,1-2H3,(H,28,34)(H,32,33)/t17?,23?,24-/m0/s1. The number of rotatable bonds is 7. The third kappa shape index (κ3) is 5.22. The first kappa shape index (κ1) is 24.5. The summed E-state index contributed by atoms with van der Waals surface area (Å²) in [5.74, 6) is -1.86. The summed E-state index contributed by atoms with van der Waals surface area (Å²) in [7, 11) is 0. The summed E-state index contributed by atoms with van der Waals surface area (Å²) in [6, 6.07) is 13.9. The Morgan fingerprint density at radius 1 is 1.09 bits per heavy atom. The Balaban J connectivity index is 1.47. The Morgan fingerprint density at radius 2 is 1.69 bits per heavy atom. The van der Waals surface area contributed by atoms with Crippen LogP contribution in [0.1, 0.15) is 43.7 Å². The van der Waals surface area contributed by atoms with Crippen LogP contribution in [0.25, 0.3) is 11.1 Å². The van der Waals surface area contributed by atoms with E-state index < -0.39 is 36.2 Å². The predicted octanol–water partition coefficient (Wildman–Crippen LogP) is 3.30. The molecule has 0 bridgehead atoms. The van der Waals surface area contributed by atoms with Crippen molar-refractivity contribution < 1.29 is 29.3 Å². The number of ether oxygens (including phenoxy) is 1. The molecule has 0 spiro atoms. The molecular formula is C27H30N2O6. The lowest BCUT2D eigenvalue weighted by Crippen LogP contribution is -2.51. The van der Waals surface area contributed by atoms with E-state index in [1.165, 1.54) is 0 Å². The summed E-state index contributed by atoms with van der Waals surface area (Å²) >= 11 is 0. The Kier molecular flexibility index (Phi) is 7.21. The van der Waals surface area contributed by atoms with Crippen molar-refractivity contribution in [1.29, 1.82) is 0 Å². The van der Waals surface area contributed by atoms with E-state index in [2.05, 4.69) is 5.32 Å². The highest BCUT2D eigenvalue weighted by Crippen LogP contribution is 2.44. The highest BCUT2D eigenvalue weighted by molar-refractivity contribution is 5.90. The van der Waals surface area contributed by atoms with Crippen molar-refractivity contribution in [3.05, 3.63) is 71.3 Å². The Labute approximate surface area is 204 Å². The third-order valence-electron chi connectivity index (χ3n) is 6.54. The lowest BCUT2D eigenvalue weighted by Gasteiger charge is -2.26. The topological polar surface area (TPSA) is 116 Å². The number of nitrogens with zero attached hydrogens (tertiary/aromatic N) is 1. The zero-order valence-corrected chi connectivity index (χ0v) is 19.8. The molecule has 2 aromatic rings. The van der Waals surface area contributed by atoms with Gasteiger partial charge >= 0.3 is 12.1 Å². The van der Waals surface area contributed by atoms with Crippen molar-refractivity contribution in [1.82, 2.24) is 10.2 Å². The lowest BCUT2D eigenvalue weighted by atomic mass is 9.98. The number of carboxylic acid groups (broad SMARTS) is 1. The number of nitrogens with one attached hydrogen (secondary N) is 1. The number of carbonyl (C=O) groups is 3. The number of aliphatic hydroxyl groups is 1. The van der Waals surface area contributed by atoms with Gasteiger partial charge in [0, 0.05) is 18.9 Å². The molecule has 2 aromatic carbocycles. The second kappa shape index (κ2) is 10.3. The minimum atomic E-state index is -1.18. The van der Waals surface area contributed by atoms with Gasteiger partial charge in [-0.2, -0.15) is 0 Å². The number of fused-ring (bicyclic) bond motifs is 3. The van der Waals surface area contributed by atoms with Crippen molar-refractivity contribution in [2.24, 2.45) is 0 Å². The van der Waals surface area contributed by atoms with E-state index in [-0.39, 0.29) is 31.9 Å². The Morgan fingerprint density at radius 3 is 2.26 bits per heavy atom. The number of carboxylic acids is 1. The molecule has 3 N–H and O–H groups in total. The van der Waals surface area contributed by atoms with Crippen LogP contribution in [0.2, 0.25) is 0 Å². The SMILES string of the molecule is CC(C)=CCC(NC(=O)OCC1c2ccccc2-c2ccccc21)C(=O)N1CC(O)C[C@H]1C(=O)O. The molecule has 184 valence electrons. The van der Waals surface area contributed by atoms with E-state index in [1.54, 1.807) is 6.08 Å².